The normalized spacial score (nSPS) is 25.2. The van der Waals surface area contributed by atoms with Crippen LogP contribution in [0.15, 0.2) is 18.2 Å². The highest BCUT2D eigenvalue weighted by Crippen LogP contribution is 2.32. The Balaban J connectivity index is 1.54. The van der Waals surface area contributed by atoms with Crippen LogP contribution in [0.4, 0.5) is 4.39 Å². The topological polar surface area (TPSA) is 30.9 Å². The summed E-state index contributed by atoms with van der Waals surface area (Å²) in [6, 6.07) is 6.37. The van der Waals surface area contributed by atoms with E-state index in [0.29, 0.717) is 24.8 Å². The molecule has 0 aromatic heterocycles. The summed E-state index contributed by atoms with van der Waals surface area (Å²) in [5, 5.41) is 0. The molecule has 0 N–H and O–H groups in total. The van der Waals surface area contributed by atoms with Crippen LogP contribution in [0.3, 0.4) is 0 Å². The molecular formula is C20H30FNO3. The van der Waals surface area contributed by atoms with Crippen LogP contribution in [0.25, 0.3) is 0 Å². The quantitative estimate of drug-likeness (QED) is 0.744. The fourth-order valence-electron chi connectivity index (χ4n) is 4.09. The summed E-state index contributed by atoms with van der Waals surface area (Å²) in [6.45, 7) is 1.34. The number of benzene rings is 1. The predicted octanol–water partition coefficient (Wildman–Crippen LogP) is 3.97. The van der Waals surface area contributed by atoms with E-state index < -0.39 is 6.17 Å². The van der Waals surface area contributed by atoms with Crippen molar-refractivity contribution in [3.05, 3.63) is 23.8 Å². The lowest BCUT2D eigenvalue weighted by molar-refractivity contribution is -0.0858. The van der Waals surface area contributed by atoms with Crippen molar-refractivity contribution in [2.24, 2.45) is 0 Å². The van der Waals surface area contributed by atoms with Gasteiger partial charge in [0.1, 0.15) is 12.4 Å². The van der Waals surface area contributed by atoms with E-state index in [1.807, 2.05) is 18.2 Å². The highest BCUT2D eigenvalue weighted by Gasteiger charge is 2.39. The Morgan fingerprint density at radius 2 is 1.80 bits per heavy atom. The second kappa shape index (κ2) is 8.86. The molecule has 4 nitrogen and oxygen atoms in total. The number of hydrogen-bond donors (Lipinski definition) is 0. The van der Waals surface area contributed by atoms with Gasteiger partial charge < -0.3 is 14.2 Å². The Kier molecular flexibility index (Phi) is 6.54. The molecule has 1 aliphatic carbocycles. The molecule has 25 heavy (non-hydrogen) atoms. The lowest BCUT2D eigenvalue weighted by atomic mass is 9.94. The van der Waals surface area contributed by atoms with Gasteiger partial charge in [0.15, 0.2) is 11.5 Å². The zero-order valence-corrected chi connectivity index (χ0v) is 15.4. The van der Waals surface area contributed by atoms with Crippen LogP contribution in [-0.2, 0) is 11.2 Å². The molecule has 140 valence electrons. The fourth-order valence-corrected chi connectivity index (χ4v) is 4.09. The summed E-state index contributed by atoms with van der Waals surface area (Å²) in [4.78, 5) is 2.28. The second-order valence-corrected chi connectivity index (χ2v) is 7.04. The van der Waals surface area contributed by atoms with Crippen molar-refractivity contribution in [3.8, 4) is 11.5 Å². The Labute approximate surface area is 150 Å². The second-order valence-electron chi connectivity index (χ2n) is 7.04. The molecule has 1 saturated heterocycles. The van der Waals surface area contributed by atoms with E-state index in [1.165, 1.54) is 32.1 Å². The molecule has 2 atom stereocenters. The van der Waals surface area contributed by atoms with Gasteiger partial charge in [0, 0.05) is 12.6 Å². The zero-order valence-electron chi connectivity index (χ0n) is 15.4. The van der Waals surface area contributed by atoms with Crippen molar-refractivity contribution in [2.75, 3.05) is 27.4 Å². The minimum atomic E-state index is -0.868. The largest absolute Gasteiger partial charge is 0.493 e. The maximum atomic E-state index is 14.3. The lowest BCUT2D eigenvalue weighted by Gasteiger charge is -2.35. The number of halogens is 1. The number of ether oxygens (including phenoxy) is 3. The van der Waals surface area contributed by atoms with Crippen molar-refractivity contribution in [1.29, 1.82) is 0 Å². The van der Waals surface area contributed by atoms with Gasteiger partial charge in [-0.3, -0.25) is 4.90 Å². The van der Waals surface area contributed by atoms with Crippen molar-refractivity contribution in [1.82, 2.24) is 4.90 Å². The average Bonchev–Trinajstić information content (AvgIpc) is 3.03. The summed E-state index contributed by atoms with van der Waals surface area (Å²) < 4.78 is 30.9. The number of likely N-dealkylation sites (tertiary alicyclic amines) is 1. The molecule has 2 aliphatic rings. The average molecular weight is 351 g/mol. The third-order valence-electron chi connectivity index (χ3n) is 5.47. The fraction of sp³-hybridized carbons (Fsp3) is 0.700. The van der Waals surface area contributed by atoms with Crippen LogP contribution in [0.1, 0.15) is 44.1 Å². The van der Waals surface area contributed by atoms with Gasteiger partial charge >= 0.3 is 0 Å². The molecule has 1 saturated carbocycles. The first-order chi connectivity index (χ1) is 12.2. The molecule has 2 fully saturated rings. The maximum Gasteiger partial charge on any atom is 0.160 e. The van der Waals surface area contributed by atoms with E-state index in [-0.39, 0.29) is 6.23 Å². The molecule has 5 heteroatoms. The van der Waals surface area contributed by atoms with Crippen molar-refractivity contribution >= 4 is 0 Å². The smallest absolute Gasteiger partial charge is 0.160 e. The van der Waals surface area contributed by atoms with Gasteiger partial charge in [-0.25, -0.2) is 4.39 Å². The minimum Gasteiger partial charge on any atom is -0.493 e. The standard InChI is InChI=1S/C20H30FNO3/c1-23-18-9-8-15(14-19(18)24-2)11-13-25-20-17(21)10-12-22(20)16-6-4-3-5-7-16/h8-9,14,16-17,20H,3-7,10-13H2,1-2H3/t17?,20-/m0/s1. The van der Waals surface area contributed by atoms with Crippen molar-refractivity contribution in [3.63, 3.8) is 0 Å². The van der Waals surface area contributed by atoms with Crippen molar-refractivity contribution < 1.29 is 18.6 Å². The van der Waals surface area contributed by atoms with Gasteiger partial charge in [-0.15, -0.1) is 0 Å². The van der Waals surface area contributed by atoms with Crippen LogP contribution in [0, 0.1) is 0 Å². The molecule has 1 heterocycles. The Hall–Kier alpha value is -1.33. The third-order valence-corrected chi connectivity index (χ3v) is 5.47. The van der Waals surface area contributed by atoms with E-state index in [0.717, 1.165) is 24.3 Å². The van der Waals surface area contributed by atoms with E-state index >= 15 is 0 Å². The number of rotatable bonds is 7. The molecule has 1 aromatic rings. The summed E-state index contributed by atoms with van der Waals surface area (Å²) in [7, 11) is 3.26. The first kappa shape index (κ1) is 18.5. The number of alkyl halides is 1. The van der Waals surface area contributed by atoms with E-state index in [2.05, 4.69) is 4.90 Å². The van der Waals surface area contributed by atoms with E-state index in [4.69, 9.17) is 14.2 Å². The first-order valence-corrected chi connectivity index (χ1v) is 9.45. The molecule has 0 bridgehead atoms. The molecule has 0 radical (unpaired) electrons. The molecule has 0 amide bonds. The van der Waals surface area contributed by atoms with Gasteiger partial charge in [-0.05, 0) is 43.4 Å². The SMILES string of the molecule is COc1ccc(CCO[C@H]2C(F)CCN2C2CCCCC2)cc1OC. The monoisotopic (exact) mass is 351 g/mol. The van der Waals surface area contributed by atoms with Gasteiger partial charge in [0.2, 0.25) is 0 Å². The van der Waals surface area contributed by atoms with Gasteiger partial charge in [-0.1, -0.05) is 25.3 Å². The van der Waals surface area contributed by atoms with Crippen LogP contribution in [-0.4, -0.2) is 50.7 Å². The first-order valence-electron chi connectivity index (χ1n) is 9.45. The lowest BCUT2D eigenvalue weighted by Crippen LogP contribution is -2.44. The zero-order chi connectivity index (χ0) is 17.6. The molecule has 3 rings (SSSR count). The van der Waals surface area contributed by atoms with E-state index in [1.54, 1.807) is 14.2 Å². The molecule has 1 unspecified atom stereocenters. The Morgan fingerprint density at radius 1 is 1.04 bits per heavy atom. The summed E-state index contributed by atoms with van der Waals surface area (Å²) in [5.41, 5.74) is 1.11. The Morgan fingerprint density at radius 3 is 2.52 bits per heavy atom. The summed E-state index contributed by atoms with van der Waals surface area (Å²) in [6.07, 6.45) is 6.29. The minimum absolute atomic E-state index is 0.372. The number of methoxy groups -OCH3 is 2. The van der Waals surface area contributed by atoms with E-state index in [9.17, 15) is 4.39 Å². The molecule has 1 aliphatic heterocycles. The summed E-state index contributed by atoms with van der Waals surface area (Å²) >= 11 is 0. The highest BCUT2D eigenvalue weighted by molar-refractivity contribution is 5.42. The number of nitrogens with zero attached hydrogens (tertiary/aromatic N) is 1. The number of hydrogen-bond acceptors (Lipinski definition) is 4. The third kappa shape index (κ3) is 4.45. The molecule has 0 spiro atoms. The van der Waals surface area contributed by atoms with Crippen LogP contribution < -0.4 is 9.47 Å². The van der Waals surface area contributed by atoms with Crippen LogP contribution >= 0.6 is 0 Å². The van der Waals surface area contributed by atoms with Gasteiger partial charge in [0.05, 0.1) is 20.8 Å². The Bertz CT molecular complexity index is 548. The molecule has 1 aromatic carbocycles. The highest BCUT2D eigenvalue weighted by atomic mass is 19.1. The van der Waals surface area contributed by atoms with Gasteiger partial charge in [-0.2, -0.15) is 0 Å². The van der Waals surface area contributed by atoms with Crippen LogP contribution in [0.2, 0.25) is 0 Å². The predicted molar refractivity (Wildman–Crippen MR) is 96.1 cm³/mol. The van der Waals surface area contributed by atoms with Gasteiger partial charge in [0.25, 0.3) is 0 Å². The maximum absolute atomic E-state index is 14.3. The summed E-state index contributed by atoms with van der Waals surface area (Å²) in [5.74, 6) is 1.43. The van der Waals surface area contributed by atoms with Crippen molar-refractivity contribution in [2.45, 2.75) is 63.4 Å². The van der Waals surface area contributed by atoms with Crippen LogP contribution in [0.5, 0.6) is 11.5 Å². The molecular weight excluding hydrogens is 321 g/mol.